The number of rotatable bonds is 3. The van der Waals surface area contributed by atoms with Gasteiger partial charge in [0.2, 0.25) is 0 Å². The zero-order valence-electron chi connectivity index (χ0n) is 10.9. The van der Waals surface area contributed by atoms with Crippen LogP contribution < -0.4 is 5.32 Å². The van der Waals surface area contributed by atoms with Crippen LogP contribution in [0.25, 0.3) is 21.4 Å². The molecule has 0 unspecified atom stereocenters. The average Bonchev–Trinajstić information content (AvgIpc) is 2.92. The first kappa shape index (κ1) is 12.8. The van der Waals surface area contributed by atoms with Gasteiger partial charge in [0, 0.05) is 21.7 Å². The van der Waals surface area contributed by atoms with Gasteiger partial charge in [-0.25, -0.2) is 0 Å². The van der Waals surface area contributed by atoms with Gasteiger partial charge in [-0.15, -0.1) is 0 Å². The Balaban J connectivity index is 1.85. The molecule has 1 heterocycles. The Morgan fingerprint density at radius 2 is 2.00 bits per heavy atom. The number of para-hydroxylation sites is 1. The third-order valence-corrected chi connectivity index (χ3v) is 2.91. The first-order valence-corrected chi connectivity index (χ1v) is 6.21. The summed E-state index contributed by atoms with van der Waals surface area (Å²) in [5, 5.41) is 7.06. The molecule has 0 saturated heterocycles. The van der Waals surface area contributed by atoms with Crippen molar-refractivity contribution >= 4 is 28.3 Å². The van der Waals surface area contributed by atoms with Gasteiger partial charge < -0.3 is 9.73 Å². The molecule has 6 nitrogen and oxygen atoms in total. The van der Waals surface area contributed by atoms with E-state index < -0.39 is 0 Å². The molecule has 0 bridgehead atoms. The maximum atomic E-state index is 12.1. The van der Waals surface area contributed by atoms with Crippen molar-refractivity contribution in [3.63, 3.8) is 0 Å². The molecule has 21 heavy (non-hydrogen) atoms. The lowest BCUT2D eigenvalue weighted by Crippen LogP contribution is -2.10. The highest BCUT2D eigenvalue weighted by atomic mass is 16.3. The highest BCUT2D eigenvalue weighted by Gasteiger charge is 2.12. The van der Waals surface area contributed by atoms with E-state index in [0.717, 1.165) is 5.39 Å². The number of hydrogen-bond acceptors (Lipinski definition) is 3. The largest absolute Gasteiger partial charge is 0.451 e. The van der Waals surface area contributed by atoms with Crippen molar-refractivity contribution in [3.05, 3.63) is 70.8 Å². The van der Waals surface area contributed by atoms with Crippen molar-refractivity contribution in [3.8, 4) is 0 Å². The first-order valence-electron chi connectivity index (χ1n) is 6.21. The minimum Gasteiger partial charge on any atom is -0.451 e. The van der Waals surface area contributed by atoms with Crippen molar-refractivity contribution in [2.75, 3.05) is 5.32 Å². The number of amides is 1. The standard InChI is InChI=1S/C15H10N4O2/c16-19-18-12-6-3-5-11(9-12)17-15(20)14-8-10-4-1-2-7-13(10)21-14/h1-9H,(H,17,20). The van der Waals surface area contributed by atoms with Gasteiger partial charge >= 0.3 is 0 Å². The quantitative estimate of drug-likeness (QED) is 0.430. The van der Waals surface area contributed by atoms with Crippen molar-refractivity contribution in [1.29, 1.82) is 0 Å². The average molecular weight is 278 g/mol. The molecule has 6 heteroatoms. The second-order valence-electron chi connectivity index (χ2n) is 4.34. The van der Waals surface area contributed by atoms with E-state index in [0.29, 0.717) is 17.0 Å². The lowest BCUT2D eigenvalue weighted by atomic mass is 10.2. The molecule has 0 radical (unpaired) electrons. The number of furan rings is 1. The molecule has 1 amide bonds. The number of carbonyl (C=O) groups excluding carboxylic acids is 1. The fourth-order valence-electron chi connectivity index (χ4n) is 1.98. The first-order chi connectivity index (χ1) is 10.3. The molecule has 1 N–H and O–H groups in total. The Morgan fingerprint density at radius 3 is 2.81 bits per heavy atom. The Morgan fingerprint density at radius 1 is 1.14 bits per heavy atom. The summed E-state index contributed by atoms with van der Waals surface area (Å²) in [5.41, 5.74) is 10.0. The second kappa shape index (κ2) is 5.40. The van der Waals surface area contributed by atoms with E-state index in [1.165, 1.54) is 0 Å². The molecule has 3 aromatic rings. The molecule has 3 rings (SSSR count). The van der Waals surface area contributed by atoms with Gasteiger partial charge in [-0.05, 0) is 29.8 Å². The lowest BCUT2D eigenvalue weighted by Gasteiger charge is -2.03. The van der Waals surface area contributed by atoms with Gasteiger partial charge in [-0.1, -0.05) is 35.4 Å². The van der Waals surface area contributed by atoms with E-state index in [9.17, 15) is 4.79 Å². The van der Waals surface area contributed by atoms with Crippen LogP contribution in [0.1, 0.15) is 10.6 Å². The van der Waals surface area contributed by atoms with Gasteiger partial charge in [0.15, 0.2) is 5.76 Å². The number of nitrogens with one attached hydrogen (secondary N) is 1. The molecule has 0 aliphatic rings. The molecular weight excluding hydrogens is 268 g/mol. The van der Waals surface area contributed by atoms with E-state index in [2.05, 4.69) is 15.3 Å². The third-order valence-electron chi connectivity index (χ3n) is 2.91. The van der Waals surface area contributed by atoms with Crippen molar-refractivity contribution in [2.24, 2.45) is 5.11 Å². The SMILES string of the molecule is [N-]=[N+]=Nc1cccc(NC(=O)c2cc3ccccc3o2)c1. The second-order valence-corrected chi connectivity index (χ2v) is 4.34. The maximum Gasteiger partial charge on any atom is 0.291 e. The van der Waals surface area contributed by atoms with Gasteiger partial charge in [-0.2, -0.15) is 0 Å². The van der Waals surface area contributed by atoms with E-state index in [-0.39, 0.29) is 11.7 Å². The molecule has 0 spiro atoms. The number of carbonyl (C=O) groups is 1. The van der Waals surface area contributed by atoms with Gasteiger partial charge in [0.05, 0.1) is 0 Å². The highest BCUT2D eigenvalue weighted by molar-refractivity contribution is 6.04. The van der Waals surface area contributed by atoms with E-state index in [1.54, 1.807) is 36.4 Å². The smallest absolute Gasteiger partial charge is 0.291 e. The van der Waals surface area contributed by atoms with Gasteiger partial charge in [0.25, 0.3) is 5.91 Å². The number of fused-ring (bicyclic) bond motifs is 1. The monoisotopic (exact) mass is 278 g/mol. The summed E-state index contributed by atoms with van der Waals surface area (Å²) in [5.74, 6) is -0.130. The fraction of sp³-hybridized carbons (Fsp3) is 0. The van der Waals surface area contributed by atoms with Crippen molar-refractivity contribution in [2.45, 2.75) is 0 Å². The minimum atomic E-state index is -0.357. The highest BCUT2D eigenvalue weighted by Crippen LogP contribution is 2.21. The summed E-state index contributed by atoms with van der Waals surface area (Å²) in [4.78, 5) is 14.9. The van der Waals surface area contributed by atoms with Gasteiger partial charge in [0.1, 0.15) is 5.58 Å². The van der Waals surface area contributed by atoms with Crippen LogP contribution in [-0.2, 0) is 0 Å². The summed E-state index contributed by atoms with van der Waals surface area (Å²) in [6.45, 7) is 0. The molecular formula is C15H10N4O2. The Kier molecular flexibility index (Phi) is 3.29. The van der Waals surface area contributed by atoms with Crippen LogP contribution in [0.15, 0.2) is 64.1 Å². The zero-order chi connectivity index (χ0) is 14.7. The van der Waals surface area contributed by atoms with Gasteiger partial charge in [-0.3, -0.25) is 4.79 Å². The van der Waals surface area contributed by atoms with Crippen LogP contribution >= 0.6 is 0 Å². The molecule has 0 saturated carbocycles. The molecule has 0 atom stereocenters. The maximum absolute atomic E-state index is 12.1. The Bertz CT molecular complexity index is 830. The summed E-state index contributed by atoms with van der Waals surface area (Å²) in [7, 11) is 0. The molecule has 0 aliphatic carbocycles. The van der Waals surface area contributed by atoms with Crippen LogP contribution in [0.2, 0.25) is 0 Å². The fourth-order valence-corrected chi connectivity index (χ4v) is 1.98. The van der Waals surface area contributed by atoms with E-state index in [4.69, 9.17) is 9.95 Å². The molecule has 2 aromatic carbocycles. The topological polar surface area (TPSA) is 91.0 Å². The van der Waals surface area contributed by atoms with E-state index >= 15 is 0 Å². The number of nitrogens with zero attached hydrogens (tertiary/aromatic N) is 3. The van der Waals surface area contributed by atoms with Crippen LogP contribution in [0.3, 0.4) is 0 Å². The Labute approximate surface area is 119 Å². The lowest BCUT2D eigenvalue weighted by molar-refractivity contribution is 0.0998. The summed E-state index contributed by atoms with van der Waals surface area (Å²) >= 11 is 0. The molecule has 1 aromatic heterocycles. The summed E-state index contributed by atoms with van der Waals surface area (Å²) in [6.07, 6.45) is 0. The summed E-state index contributed by atoms with van der Waals surface area (Å²) in [6, 6.07) is 15.7. The van der Waals surface area contributed by atoms with Crippen molar-refractivity contribution in [1.82, 2.24) is 0 Å². The normalized spacial score (nSPS) is 10.1. The van der Waals surface area contributed by atoms with Crippen LogP contribution in [0.5, 0.6) is 0 Å². The van der Waals surface area contributed by atoms with E-state index in [1.807, 2.05) is 18.2 Å². The number of anilines is 1. The number of hydrogen-bond donors (Lipinski definition) is 1. The number of benzene rings is 2. The Hall–Kier alpha value is -3.24. The zero-order valence-corrected chi connectivity index (χ0v) is 10.9. The third kappa shape index (κ3) is 2.70. The number of azide groups is 1. The predicted octanol–water partition coefficient (Wildman–Crippen LogP) is 4.63. The predicted molar refractivity (Wildman–Crippen MR) is 79.4 cm³/mol. The molecule has 0 aliphatic heterocycles. The minimum absolute atomic E-state index is 0.227. The van der Waals surface area contributed by atoms with Crippen molar-refractivity contribution < 1.29 is 9.21 Å². The molecule has 102 valence electrons. The summed E-state index contributed by atoms with van der Waals surface area (Å²) < 4.78 is 5.49. The molecule has 0 fully saturated rings. The van der Waals surface area contributed by atoms with Crippen LogP contribution in [-0.4, -0.2) is 5.91 Å². The van der Waals surface area contributed by atoms with Crippen LogP contribution in [0.4, 0.5) is 11.4 Å². The van der Waals surface area contributed by atoms with Crippen LogP contribution in [0, 0.1) is 0 Å².